The third-order valence-electron chi connectivity index (χ3n) is 2.42. The summed E-state index contributed by atoms with van der Waals surface area (Å²) in [5.41, 5.74) is 3.13. The van der Waals surface area contributed by atoms with Crippen molar-refractivity contribution in [2.24, 2.45) is 5.84 Å². The fraction of sp³-hybridized carbons (Fsp3) is 0.0909. The first-order chi connectivity index (χ1) is 8.63. The van der Waals surface area contributed by atoms with E-state index in [-0.39, 0.29) is 5.82 Å². The molecule has 0 spiro atoms. The quantitative estimate of drug-likeness (QED) is 0.673. The Morgan fingerprint density at radius 2 is 2.17 bits per heavy atom. The van der Waals surface area contributed by atoms with Gasteiger partial charge in [0.2, 0.25) is 0 Å². The lowest BCUT2D eigenvalue weighted by atomic mass is 10.3. The molecule has 7 heteroatoms. The average Bonchev–Trinajstić information content (AvgIpc) is 2.38. The fourth-order valence-corrected chi connectivity index (χ4v) is 2.09. The van der Waals surface area contributed by atoms with E-state index in [2.05, 4.69) is 31.3 Å². The summed E-state index contributed by atoms with van der Waals surface area (Å²) in [6.45, 7) is 0. The van der Waals surface area contributed by atoms with Crippen molar-refractivity contribution in [2.45, 2.75) is 0 Å². The number of nitrogens with two attached hydrogens (primary N) is 1. The van der Waals surface area contributed by atoms with E-state index < -0.39 is 0 Å². The number of nitrogens with zero attached hydrogens (tertiary/aromatic N) is 3. The van der Waals surface area contributed by atoms with Gasteiger partial charge < -0.3 is 10.3 Å². The van der Waals surface area contributed by atoms with Gasteiger partial charge in [-0.1, -0.05) is 6.07 Å². The first-order valence-electron chi connectivity index (χ1n) is 5.10. The van der Waals surface area contributed by atoms with Gasteiger partial charge in [-0.3, -0.25) is 0 Å². The van der Waals surface area contributed by atoms with Crippen molar-refractivity contribution in [1.82, 2.24) is 9.97 Å². The molecule has 0 unspecified atom stereocenters. The van der Waals surface area contributed by atoms with Crippen LogP contribution < -0.4 is 16.2 Å². The van der Waals surface area contributed by atoms with Crippen molar-refractivity contribution in [2.75, 3.05) is 17.4 Å². The van der Waals surface area contributed by atoms with Crippen molar-refractivity contribution in [1.29, 1.82) is 0 Å². The Morgan fingerprint density at radius 1 is 1.39 bits per heavy atom. The molecule has 0 fully saturated rings. The molecule has 18 heavy (non-hydrogen) atoms. The number of anilines is 3. The van der Waals surface area contributed by atoms with Crippen LogP contribution in [0.1, 0.15) is 0 Å². The summed E-state index contributed by atoms with van der Waals surface area (Å²) in [4.78, 5) is 9.83. The Morgan fingerprint density at radius 3 is 2.83 bits per heavy atom. The summed E-state index contributed by atoms with van der Waals surface area (Å²) < 4.78 is 13.8. The first-order valence-corrected chi connectivity index (χ1v) is 5.89. The lowest BCUT2D eigenvalue weighted by Crippen LogP contribution is -2.15. The summed E-state index contributed by atoms with van der Waals surface area (Å²) >= 11 is 3.35. The molecule has 0 aliphatic carbocycles. The molecule has 0 amide bonds. The molecule has 94 valence electrons. The van der Waals surface area contributed by atoms with Gasteiger partial charge in [0, 0.05) is 12.7 Å². The van der Waals surface area contributed by atoms with Crippen LogP contribution in [0.4, 0.5) is 21.7 Å². The Hall–Kier alpha value is -1.73. The van der Waals surface area contributed by atoms with E-state index in [1.165, 1.54) is 18.5 Å². The minimum absolute atomic E-state index is 0.304. The Labute approximate surface area is 112 Å². The van der Waals surface area contributed by atoms with Gasteiger partial charge in [-0.25, -0.2) is 20.2 Å². The van der Waals surface area contributed by atoms with Crippen LogP contribution >= 0.6 is 15.9 Å². The van der Waals surface area contributed by atoms with Crippen molar-refractivity contribution in [3.63, 3.8) is 0 Å². The number of benzene rings is 1. The standard InChI is InChI=1S/C11H11BrFN5/c1-18(8-4-2-3-7(13)5-8)11-9(12)10(17-14)15-6-16-11/h2-6H,14H2,1H3,(H,15,16,17). The van der Waals surface area contributed by atoms with Crippen LogP contribution in [0.15, 0.2) is 35.1 Å². The SMILES string of the molecule is CN(c1cccc(F)c1)c1ncnc(NN)c1Br. The second-order valence-electron chi connectivity index (χ2n) is 3.54. The topological polar surface area (TPSA) is 67.1 Å². The molecule has 0 atom stereocenters. The van der Waals surface area contributed by atoms with E-state index in [1.54, 1.807) is 24.1 Å². The normalized spacial score (nSPS) is 10.2. The van der Waals surface area contributed by atoms with Gasteiger partial charge in [-0.2, -0.15) is 0 Å². The minimum atomic E-state index is -0.304. The molecular formula is C11H11BrFN5. The molecule has 0 aliphatic rings. The van der Waals surface area contributed by atoms with Gasteiger partial charge >= 0.3 is 0 Å². The highest BCUT2D eigenvalue weighted by atomic mass is 79.9. The van der Waals surface area contributed by atoms with Crippen molar-refractivity contribution in [3.05, 3.63) is 40.9 Å². The molecule has 0 saturated heterocycles. The minimum Gasteiger partial charge on any atom is -0.328 e. The van der Waals surface area contributed by atoms with Crippen molar-refractivity contribution < 1.29 is 4.39 Å². The molecule has 1 aromatic heterocycles. The highest BCUT2D eigenvalue weighted by molar-refractivity contribution is 9.10. The van der Waals surface area contributed by atoms with Crippen LogP contribution in [-0.2, 0) is 0 Å². The highest BCUT2D eigenvalue weighted by Gasteiger charge is 2.13. The number of nitrogen functional groups attached to an aromatic ring is 1. The monoisotopic (exact) mass is 311 g/mol. The Balaban J connectivity index is 2.43. The summed E-state index contributed by atoms with van der Waals surface area (Å²) in [5, 5.41) is 0. The van der Waals surface area contributed by atoms with E-state index in [1.807, 2.05) is 0 Å². The predicted molar refractivity (Wildman–Crippen MR) is 72.0 cm³/mol. The van der Waals surface area contributed by atoms with Gasteiger partial charge in [0.15, 0.2) is 11.6 Å². The van der Waals surface area contributed by atoms with E-state index in [4.69, 9.17) is 5.84 Å². The zero-order valence-corrected chi connectivity index (χ0v) is 11.1. The molecule has 5 nitrogen and oxygen atoms in total. The molecular weight excluding hydrogens is 301 g/mol. The molecule has 1 heterocycles. The Kier molecular flexibility index (Phi) is 3.73. The summed E-state index contributed by atoms with van der Waals surface area (Å²) in [5.74, 6) is 6.08. The number of aromatic nitrogens is 2. The number of hydrogen-bond donors (Lipinski definition) is 2. The molecule has 1 aromatic carbocycles. The first kappa shape index (κ1) is 12.7. The van der Waals surface area contributed by atoms with Gasteiger partial charge in [-0.05, 0) is 34.1 Å². The van der Waals surface area contributed by atoms with E-state index in [9.17, 15) is 4.39 Å². The van der Waals surface area contributed by atoms with Gasteiger partial charge in [0.25, 0.3) is 0 Å². The molecule has 2 rings (SSSR count). The molecule has 0 radical (unpaired) electrons. The van der Waals surface area contributed by atoms with Crippen LogP contribution in [-0.4, -0.2) is 17.0 Å². The molecule has 0 bridgehead atoms. The number of hydrogen-bond acceptors (Lipinski definition) is 5. The van der Waals surface area contributed by atoms with E-state index >= 15 is 0 Å². The van der Waals surface area contributed by atoms with Gasteiger partial charge in [-0.15, -0.1) is 0 Å². The lowest BCUT2D eigenvalue weighted by molar-refractivity contribution is 0.628. The van der Waals surface area contributed by atoms with Gasteiger partial charge in [0.05, 0.1) is 0 Å². The largest absolute Gasteiger partial charge is 0.328 e. The zero-order valence-electron chi connectivity index (χ0n) is 9.56. The summed E-state index contributed by atoms with van der Waals surface area (Å²) in [6.07, 6.45) is 1.38. The molecule has 0 aliphatic heterocycles. The van der Waals surface area contributed by atoms with Crippen LogP contribution in [0.3, 0.4) is 0 Å². The maximum atomic E-state index is 13.2. The number of rotatable bonds is 3. The van der Waals surface area contributed by atoms with Crippen LogP contribution in [0.5, 0.6) is 0 Å². The van der Waals surface area contributed by atoms with E-state index in [0.717, 1.165) is 0 Å². The average molecular weight is 312 g/mol. The fourth-order valence-electron chi connectivity index (χ4n) is 1.50. The number of halogens is 2. The Bertz CT molecular complexity index is 563. The van der Waals surface area contributed by atoms with Crippen LogP contribution in [0.2, 0.25) is 0 Å². The number of nitrogens with one attached hydrogen (secondary N) is 1. The molecule has 3 N–H and O–H groups in total. The summed E-state index contributed by atoms with van der Waals surface area (Å²) in [7, 11) is 1.78. The third-order valence-corrected chi connectivity index (χ3v) is 3.15. The second kappa shape index (κ2) is 5.28. The molecule has 2 aromatic rings. The lowest BCUT2D eigenvalue weighted by Gasteiger charge is -2.20. The van der Waals surface area contributed by atoms with Crippen LogP contribution in [0.25, 0.3) is 0 Å². The second-order valence-corrected chi connectivity index (χ2v) is 4.34. The van der Waals surface area contributed by atoms with E-state index in [0.29, 0.717) is 21.8 Å². The van der Waals surface area contributed by atoms with Crippen LogP contribution in [0, 0.1) is 5.82 Å². The predicted octanol–water partition coefficient (Wildman–Crippen LogP) is 2.43. The van der Waals surface area contributed by atoms with Gasteiger partial charge in [0.1, 0.15) is 16.6 Å². The smallest absolute Gasteiger partial charge is 0.159 e. The zero-order chi connectivity index (χ0) is 13.1. The maximum absolute atomic E-state index is 13.2. The molecule has 0 saturated carbocycles. The summed E-state index contributed by atoms with van der Waals surface area (Å²) in [6, 6.07) is 6.23. The van der Waals surface area contributed by atoms with Crippen molar-refractivity contribution in [3.8, 4) is 0 Å². The highest BCUT2D eigenvalue weighted by Crippen LogP contribution is 2.32. The third kappa shape index (κ3) is 2.41. The maximum Gasteiger partial charge on any atom is 0.159 e. The van der Waals surface area contributed by atoms with Crippen molar-refractivity contribution >= 4 is 33.3 Å². The number of hydrazine groups is 1.